The second kappa shape index (κ2) is 7.26. The summed E-state index contributed by atoms with van der Waals surface area (Å²) in [4.78, 5) is 16.6. The third-order valence-electron chi connectivity index (χ3n) is 3.24. The standard InChI is InChI=1S/C16H11BrCl2N2OS/c17-10-2-4-11(5-3-10)20-16-21-15(22)14(23-16)8-9-1-6-12(18)13(19)7-9/h1-7,14H,8H2,(H,20,21,22)/t14-/m1/s1. The number of aliphatic imine (C=N–C) groups is 1. The molecule has 1 heterocycles. The third-order valence-corrected chi connectivity index (χ3v) is 5.59. The molecule has 1 aliphatic heterocycles. The molecule has 0 aliphatic carbocycles. The first-order chi connectivity index (χ1) is 11.0. The van der Waals surface area contributed by atoms with E-state index in [2.05, 4.69) is 26.2 Å². The normalized spacial score (nSPS) is 19.2. The second-order valence-corrected chi connectivity index (χ2v) is 7.86. The molecule has 1 aliphatic rings. The van der Waals surface area contributed by atoms with Crippen molar-refractivity contribution in [3.05, 3.63) is 62.5 Å². The van der Waals surface area contributed by atoms with Gasteiger partial charge in [0.1, 0.15) is 0 Å². The number of hydrogen-bond acceptors (Lipinski definition) is 3. The molecule has 0 saturated carbocycles. The molecule has 0 radical (unpaired) electrons. The first-order valence-electron chi connectivity index (χ1n) is 6.77. The molecular weight excluding hydrogens is 419 g/mol. The monoisotopic (exact) mass is 428 g/mol. The highest BCUT2D eigenvalue weighted by atomic mass is 79.9. The number of amidine groups is 1. The highest BCUT2D eigenvalue weighted by Gasteiger charge is 2.30. The number of carbonyl (C=O) groups excluding carboxylic acids is 1. The number of amides is 1. The predicted molar refractivity (Wildman–Crippen MR) is 101 cm³/mol. The van der Waals surface area contributed by atoms with E-state index in [1.165, 1.54) is 11.8 Å². The topological polar surface area (TPSA) is 41.5 Å². The summed E-state index contributed by atoms with van der Waals surface area (Å²) in [6, 6.07) is 13.0. The zero-order chi connectivity index (χ0) is 16.4. The average Bonchev–Trinajstić information content (AvgIpc) is 2.85. The number of rotatable bonds is 3. The van der Waals surface area contributed by atoms with Gasteiger partial charge in [-0.3, -0.25) is 4.79 Å². The quantitative estimate of drug-likeness (QED) is 0.726. The Bertz CT molecular complexity index is 780. The molecule has 0 unspecified atom stereocenters. The van der Waals surface area contributed by atoms with Crippen LogP contribution in [0.2, 0.25) is 10.0 Å². The van der Waals surface area contributed by atoms with Gasteiger partial charge in [-0.2, -0.15) is 0 Å². The summed E-state index contributed by atoms with van der Waals surface area (Å²) in [7, 11) is 0. The summed E-state index contributed by atoms with van der Waals surface area (Å²) < 4.78 is 0.988. The Labute approximate surface area is 156 Å². The van der Waals surface area contributed by atoms with Gasteiger partial charge in [0.25, 0.3) is 0 Å². The summed E-state index contributed by atoms with van der Waals surface area (Å²) in [5, 5.41) is 4.22. The first kappa shape index (κ1) is 16.8. The summed E-state index contributed by atoms with van der Waals surface area (Å²) in [5.74, 6) is -0.0445. The number of thioether (sulfide) groups is 1. The van der Waals surface area contributed by atoms with Gasteiger partial charge in [0.05, 0.1) is 21.0 Å². The second-order valence-electron chi connectivity index (χ2n) is 4.94. The lowest BCUT2D eigenvalue weighted by molar-refractivity contribution is -0.118. The van der Waals surface area contributed by atoms with Crippen molar-refractivity contribution in [3.8, 4) is 0 Å². The van der Waals surface area contributed by atoms with Gasteiger partial charge < -0.3 is 5.32 Å². The van der Waals surface area contributed by atoms with Gasteiger partial charge in [0, 0.05) is 4.47 Å². The lowest BCUT2D eigenvalue weighted by Gasteiger charge is -2.06. The van der Waals surface area contributed by atoms with Crippen LogP contribution in [0, 0.1) is 0 Å². The Balaban J connectivity index is 1.72. The van der Waals surface area contributed by atoms with Gasteiger partial charge in [-0.25, -0.2) is 4.99 Å². The zero-order valence-corrected chi connectivity index (χ0v) is 15.6. The van der Waals surface area contributed by atoms with E-state index >= 15 is 0 Å². The van der Waals surface area contributed by atoms with Gasteiger partial charge in [-0.05, 0) is 48.4 Å². The summed E-state index contributed by atoms with van der Waals surface area (Å²) in [6.07, 6.45) is 0.576. The Hall–Kier alpha value is -1.01. The Morgan fingerprint density at radius 2 is 1.87 bits per heavy atom. The fourth-order valence-corrected chi connectivity index (χ4v) is 3.72. The number of hydrogen-bond donors (Lipinski definition) is 1. The average molecular weight is 430 g/mol. The highest BCUT2D eigenvalue weighted by molar-refractivity contribution is 9.10. The molecule has 23 heavy (non-hydrogen) atoms. The molecule has 2 aromatic carbocycles. The maximum atomic E-state index is 12.1. The van der Waals surface area contributed by atoms with E-state index in [0.29, 0.717) is 21.6 Å². The number of benzene rings is 2. The van der Waals surface area contributed by atoms with Crippen LogP contribution in [0.15, 0.2) is 51.9 Å². The number of halogens is 3. The smallest absolute Gasteiger partial charge is 0.239 e. The van der Waals surface area contributed by atoms with Crippen LogP contribution in [0.1, 0.15) is 5.56 Å². The van der Waals surface area contributed by atoms with Gasteiger partial charge in [-0.15, -0.1) is 0 Å². The SMILES string of the molecule is O=C1NC(=Nc2ccc(Br)cc2)S[C@@H]1Cc1ccc(Cl)c(Cl)c1. The summed E-state index contributed by atoms with van der Waals surface area (Å²) >= 11 is 16.7. The molecule has 1 amide bonds. The molecule has 1 fully saturated rings. The molecule has 0 aromatic heterocycles. The van der Waals surface area contributed by atoms with Gasteiger partial charge in [0.15, 0.2) is 5.17 Å². The zero-order valence-electron chi connectivity index (χ0n) is 11.7. The molecule has 7 heteroatoms. The van der Waals surface area contributed by atoms with Crippen LogP contribution >= 0.6 is 50.9 Å². The largest absolute Gasteiger partial charge is 0.304 e. The lowest BCUT2D eigenvalue weighted by Crippen LogP contribution is -2.25. The van der Waals surface area contributed by atoms with Gasteiger partial charge >= 0.3 is 0 Å². The number of nitrogens with one attached hydrogen (secondary N) is 1. The molecule has 1 saturated heterocycles. The van der Waals surface area contributed by atoms with Crippen LogP contribution in [0.5, 0.6) is 0 Å². The lowest BCUT2D eigenvalue weighted by atomic mass is 10.1. The van der Waals surface area contributed by atoms with Crippen molar-refractivity contribution < 1.29 is 4.79 Å². The van der Waals surface area contributed by atoms with E-state index in [1.54, 1.807) is 12.1 Å². The van der Waals surface area contributed by atoms with Crippen LogP contribution in [-0.2, 0) is 11.2 Å². The molecule has 1 N–H and O–H groups in total. The van der Waals surface area contributed by atoms with Crippen molar-refractivity contribution in [2.45, 2.75) is 11.7 Å². The molecular formula is C16H11BrCl2N2OS. The third kappa shape index (κ3) is 4.29. The van der Waals surface area contributed by atoms with Crippen molar-refractivity contribution in [1.82, 2.24) is 5.32 Å². The Kier molecular flexibility index (Phi) is 5.31. The molecule has 2 aromatic rings. The number of carbonyl (C=O) groups is 1. The van der Waals surface area contributed by atoms with E-state index in [4.69, 9.17) is 23.2 Å². The van der Waals surface area contributed by atoms with E-state index in [9.17, 15) is 4.79 Å². The fraction of sp³-hybridized carbons (Fsp3) is 0.125. The minimum absolute atomic E-state index is 0.0445. The fourth-order valence-electron chi connectivity index (χ4n) is 2.11. The molecule has 1 atom stereocenters. The van der Waals surface area contributed by atoms with E-state index in [1.807, 2.05) is 30.3 Å². The minimum atomic E-state index is -0.221. The van der Waals surface area contributed by atoms with E-state index in [0.717, 1.165) is 15.7 Å². The van der Waals surface area contributed by atoms with Crippen LogP contribution < -0.4 is 5.32 Å². The summed E-state index contributed by atoms with van der Waals surface area (Å²) in [5.41, 5.74) is 1.77. The van der Waals surface area contributed by atoms with Crippen LogP contribution in [0.3, 0.4) is 0 Å². The van der Waals surface area contributed by atoms with Crippen molar-refractivity contribution in [2.75, 3.05) is 0 Å². The highest BCUT2D eigenvalue weighted by Crippen LogP contribution is 2.28. The van der Waals surface area contributed by atoms with E-state index in [-0.39, 0.29) is 11.2 Å². The first-order valence-corrected chi connectivity index (χ1v) is 9.20. The molecule has 3 nitrogen and oxygen atoms in total. The van der Waals surface area contributed by atoms with Crippen LogP contribution in [0.4, 0.5) is 5.69 Å². The maximum Gasteiger partial charge on any atom is 0.239 e. The van der Waals surface area contributed by atoms with Gasteiger partial charge in [0.2, 0.25) is 5.91 Å². The maximum absolute atomic E-state index is 12.1. The molecule has 3 rings (SSSR count). The Morgan fingerprint density at radius 1 is 1.13 bits per heavy atom. The molecule has 0 bridgehead atoms. The van der Waals surface area contributed by atoms with Crippen LogP contribution in [-0.4, -0.2) is 16.3 Å². The van der Waals surface area contributed by atoms with Crippen molar-refractivity contribution in [2.24, 2.45) is 4.99 Å². The molecule has 118 valence electrons. The van der Waals surface area contributed by atoms with Crippen molar-refractivity contribution >= 4 is 67.7 Å². The van der Waals surface area contributed by atoms with Crippen LogP contribution in [0.25, 0.3) is 0 Å². The van der Waals surface area contributed by atoms with Crippen molar-refractivity contribution in [3.63, 3.8) is 0 Å². The van der Waals surface area contributed by atoms with E-state index < -0.39 is 0 Å². The predicted octanol–water partition coefficient (Wildman–Crippen LogP) is 5.22. The minimum Gasteiger partial charge on any atom is -0.304 e. The Morgan fingerprint density at radius 3 is 2.57 bits per heavy atom. The summed E-state index contributed by atoms with van der Waals surface area (Å²) in [6.45, 7) is 0. The van der Waals surface area contributed by atoms with Crippen molar-refractivity contribution in [1.29, 1.82) is 0 Å². The van der Waals surface area contributed by atoms with Gasteiger partial charge in [-0.1, -0.05) is 57.0 Å². The number of nitrogens with zero attached hydrogens (tertiary/aromatic N) is 1. The molecule has 0 spiro atoms.